The van der Waals surface area contributed by atoms with Crippen molar-refractivity contribution in [2.75, 3.05) is 7.11 Å². The van der Waals surface area contributed by atoms with Gasteiger partial charge in [-0.3, -0.25) is 4.68 Å². The molecule has 0 saturated heterocycles. The molecule has 1 unspecified atom stereocenters. The Morgan fingerprint density at radius 1 is 1.35 bits per heavy atom. The van der Waals surface area contributed by atoms with Gasteiger partial charge in [0.05, 0.1) is 29.1 Å². The first-order chi connectivity index (χ1) is 9.56. The Labute approximate surface area is 127 Å². The van der Waals surface area contributed by atoms with Crippen LogP contribution in [0.3, 0.4) is 0 Å². The first-order valence-electron chi connectivity index (χ1n) is 6.59. The number of benzene rings is 1. The number of aliphatic hydroxyl groups excluding tert-OH is 1. The minimum Gasteiger partial charge on any atom is -0.497 e. The van der Waals surface area contributed by atoms with Crippen LogP contribution in [0.2, 0.25) is 0 Å². The quantitative estimate of drug-likeness (QED) is 0.911. The standard InChI is InChI=1S/C15H19BrN2O2/c1-4-12-15(16)13(18(2)17-12)9-14(19)10-5-7-11(20-3)8-6-10/h5-8,14,19H,4,9H2,1-3H3. The Hall–Kier alpha value is -1.33. The average Bonchev–Trinajstić information content (AvgIpc) is 2.74. The summed E-state index contributed by atoms with van der Waals surface area (Å²) in [4.78, 5) is 0. The van der Waals surface area contributed by atoms with E-state index in [2.05, 4.69) is 28.0 Å². The van der Waals surface area contributed by atoms with E-state index in [1.54, 1.807) is 7.11 Å². The molecule has 4 nitrogen and oxygen atoms in total. The fourth-order valence-corrected chi connectivity index (χ4v) is 2.95. The number of rotatable bonds is 5. The lowest BCUT2D eigenvalue weighted by molar-refractivity contribution is 0.175. The number of halogens is 1. The molecule has 0 spiro atoms. The van der Waals surface area contributed by atoms with E-state index in [1.807, 2.05) is 36.0 Å². The molecular weight excluding hydrogens is 320 g/mol. The minimum absolute atomic E-state index is 0.524. The fraction of sp³-hybridized carbons (Fsp3) is 0.400. The Morgan fingerprint density at radius 3 is 2.50 bits per heavy atom. The molecule has 1 heterocycles. The monoisotopic (exact) mass is 338 g/mol. The lowest BCUT2D eigenvalue weighted by Crippen LogP contribution is -2.07. The van der Waals surface area contributed by atoms with E-state index < -0.39 is 6.10 Å². The molecule has 0 saturated carbocycles. The van der Waals surface area contributed by atoms with E-state index in [1.165, 1.54) is 0 Å². The van der Waals surface area contributed by atoms with E-state index in [0.29, 0.717) is 6.42 Å². The number of aromatic nitrogens is 2. The number of aliphatic hydroxyl groups is 1. The summed E-state index contributed by atoms with van der Waals surface area (Å²) in [5.74, 6) is 0.788. The number of ether oxygens (including phenoxy) is 1. The first kappa shape index (κ1) is 15.1. The van der Waals surface area contributed by atoms with Crippen LogP contribution < -0.4 is 4.74 Å². The highest BCUT2D eigenvalue weighted by Crippen LogP contribution is 2.27. The van der Waals surface area contributed by atoms with Crippen molar-refractivity contribution in [3.05, 3.63) is 45.7 Å². The number of aryl methyl sites for hydroxylation is 2. The lowest BCUT2D eigenvalue weighted by atomic mass is 10.0. The van der Waals surface area contributed by atoms with Gasteiger partial charge in [-0.1, -0.05) is 19.1 Å². The van der Waals surface area contributed by atoms with Crippen molar-refractivity contribution in [1.29, 1.82) is 0 Å². The Balaban J connectivity index is 2.18. The van der Waals surface area contributed by atoms with E-state index in [-0.39, 0.29) is 0 Å². The van der Waals surface area contributed by atoms with Crippen molar-refractivity contribution in [3.63, 3.8) is 0 Å². The van der Waals surface area contributed by atoms with Gasteiger partial charge in [0.1, 0.15) is 5.75 Å². The molecule has 0 radical (unpaired) electrons. The molecule has 1 atom stereocenters. The van der Waals surface area contributed by atoms with Crippen molar-refractivity contribution in [3.8, 4) is 5.75 Å². The van der Waals surface area contributed by atoms with Crippen LogP contribution in [0, 0.1) is 0 Å². The highest BCUT2D eigenvalue weighted by atomic mass is 79.9. The zero-order valence-electron chi connectivity index (χ0n) is 11.9. The molecule has 1 aromatic heterocycles. The SMILES string of the molecule is CCc1nn(C)c(CC(O)c2ccc(OC)cc2)c1Br. The van der Waals surface area contributed by atoms with Crippen molar-refractivity contribution in [2.45, 2.75) is 25.9 Å². The number of nitrogens with zero attached hydrogens (tertiary/aromatic N) is 2. The molecule has 0 fully saturated rings. The summed E-state index contributed by atoms with van der Waals surface area (Å²) in [5.41, 5.74) is 2.89. The van der Waals surface area contributed by atoms with E-state index in [4.69, 9.17) is 4.74 Å². The van der Waals surface area contributed by atoms with Crippen LogP contribution in [0.25, 0.3) is 0 Å². The second-order valence-electron chi connectivity index (χ2n) is 4.68. The van der Waals surface area contributed by atoms with Crippen LogP contribution in [0.5, 0.6) is 5.75 Å². The predicted molar refractivity (Wildman–Crippen MR) is 81.9 cm³/mol. The second-order valence-corrected chi connectivity index (χ2v) is 5.47. The highest BCUT2D eigenvalue weighted by Gasteiger charge is 2.17. The summed E-state index contributed by atoms with van der Waals surface area (Å²) in [5, 5.41) is 14.8. The third-order valence-electron chi connectivity index (χ3n) is 3.39. The van der Waals surface area contributed by atoms with Gasteiger partial charge in [0, 0.05) is 13.5 Å². The fourth-order valence-electron chi connectivity index (χ4n) is 2.17. The molecule has 2 aromatic rings. The number of hydrogen-bond acceptors (Lipinski definition) is 3. The normalized spacial score (nSPS) is 12.4. The molecule has 0 aliphatic heterocycles. The lowest BCUT2D eigenvalue weighted by Gasteiger charge is -2.12. The molecule has 0 amide bonds. The topological polar surface area (TPSA) is 47.3 Å². The van der Waals surface area contributed by atoms with Crippen LogP contribution in [0.4, 0.5) is 0 Å². The average molecular weight is 339 g/mol. The van der Waals surface area contributed by atoms with Gasteiger partial charge in [0.2, 0.25) is 0 Å². The molecule has 5 heteroatoms. The highest BCUT2D eigenvalue weighted by molar-refractivity contribution is 9.10. The Kier molecular flexibility index (Phi) is 4.83. The minimum atomic E-state index is -0.558. The number of methoxy groups -OCH3 is 1. The molecule has 1 N–H and O–H groups in total. The van der Waals surface area contributed by atoms with Gasteiger partial charge in [-0.05, 0) is 40.0 Å². The summed E-state index contributed by atoms with van der Waals surface area (Å²) in [6.07, 6.45) is 0.834. The molecule has 2 rings (SSSR count). The third kappa shape index (κ3) is 3.04. The molecule has 20 heavy (non-hydrogen) atoms. The molecule has 1 aromatic carbocycles. The van der Waals surface area contributed by atoms with Gasteiger partial charge in [-0.15, -0.1) is 0 Å². The van der Waals surface area contributed by atoms with Crippen LogP contribution in [0.1, 0.15) is 30.0 Å². The van der Waals surface area contributed by atoms with Gasteiger partial charge < -0.3 is 9.84 Å². The van der Waals surface area contributed by atoms with Gasteiger partial charge in [0.15, 0.2) is 0 Å². The maximum Gasteiger partial charge on any atom is 0.118 e. The maximum absolute atomic E-state index is 10.4. The smallest absolute Gasteiger partial charge is 0.118 e. The van der Waals surface area contributed by atoms with Crippen molar-refractivity contribution < 1.29 is 9.84 Å². The second kappa shape index (κ2) is 6.41. The maximum atomic E-state index is 10.4. The van der Waals surface area contributed by atoms with Crippen LogP contribution in [-0.4, -0.2) is 22.0 Å². The van der Waals surface area contributed by atoms with Crippen LogP contribution in [-0.2, 0) is 19.9 Å². The van der Waals surface area contributed by atoms with E-state index in [0.717, 1.165) is 33.6 Å². The van der Waals surface area contributed by atoms with Gasteiger partial charge in [0.25, 0.3) is 0 Å². The molecule has 0 aliphatic carbocycles. The summed E-state index contributed by atoms with van der Waals surface area (Å²) >= 11 is 3.57. The summed E-state index contributed by atoms with van der Waals surface area (Å²) in [6, 6.07) is 7.48. The summed E-state index contributed by atoms with van der Waals surface area (Å²) in [7, 11) is 3.53. The van der Waals surface area contributed by atoms with Crippen molar-refractivity contribution >= 4 is 15.9 Å². The van der Waals surface area contributed by atoms with Crippen LogP contribution in [0.15, 0.2) is 28.7 Å². The zero-order valence-corrected chi connectivity index (χ0v) is 13.5. The largest absolute Gasteiger partial charge is 0.497 e. The Morgan fingerprint density at radius 2 is 2.00 bits per heavy atom. The van der Waals surface area contributed by atoms with E-state index in [9.17, 15) is 5.11 Å². The zero-order chi connectivity index (χ0) is 14.7. The summed E-state index contributed by atoms with van der Waals surface area (Å²) in [6.45, 7) is 2.07. The molecular formula is C15H19BrN2O2. The van der Waals surface area contributed by atoms with Crippen LogP contribution >= 0.6 is 15.9 Å². The van der Waals surface area contributed by atoms with Crippen molar-refractivity contribution in [1.82, 2.24) is 9.78 Å². The predicted octanol–water partition coefficient (Wildman–Crippen LogP) is 3.03. The van der Waals surface area contributed by atoms with Gasteiger partial charge in [-0.2, -0.15) is 5.10 Å². The molecule has 0 aliphatic rings. The molecule has 108 valence electrons. The van der Waals surface area contributed by atoms with Gasteiger partial charge in [-0.25, -0.2) is 0 Å². The first-order valence-corrected chi connectivity index (χ1v) is 7.38. The third-order valence-corrected chi connectivity index (χ3v) is 4.31. The molecule has 0 bridgehead atoms. The van der Waals surface area contributed by atoms with E-state index >= 15 is 0 Å². The van der Waals surface area contributed by atoms with Crippen molar-refractivity contribution in [2.24, 2.45) is 7.05 Å². The summed E-state index contributed by atoms with van der Waals surface area (Å²) < 4.78 is 7.94. The number of hydrogen-bond donors (Lipinski definition) is 1. The van der Waals surface area contributed by atoms with Gasteiger partial charge >= 0.3 is 0 Å². The Bertz CT molecular complexity index is 578.